The number of carbonyl (C=O) groups is 2. The van der Waals surface area contributed by atoms with Gasteiger partial charge in [0.05, 0.1) is 0 Å². The molecule has 0 radical (unpaired) electrons. The maximum absolute atomic E-state index is 13.4. The first-order valence-electron chi connectivity index (χ1n) is 10.1. The molecule has 3 rings (SSSR count). The Morgan fingerprint density at radius 2 is 1.13 bits per heavy atom. The summed E-state index contributed by atoms with van der Waals surface area (Å²) in [4.78, 5) is 25.0. The molecule has 0 unspecified atom stereocenters. The molecule has 156 valence electrons. The minimum atomic E-state index is -3.16. The van der Waals surface area contributed by atoms with E-state index in [1.54, 1.807) is 6.92 Å². The Balaban J connectivity index is 2.42. The van der Waals surface area contributed by atoms with Crippen molar-refractivity contribution < 1.29 is 14.3 Å². The summed E-state index contributed by atoms with van der Waals surface area (Å²) in [5, 5.41) is 0. The van der Waals surface area contributed by atoms with Crippen molar-refractivity contribution in [3.8, 4) is 0 Å². The van der Waals surface area contributed by atoms with Crippen LogP contribution in [0.25, 0.3) is 0 Å². The van der Waals surface area contributed by atoms with E-state index in [1.165, 1.54) is 7.11 Å². The van der Waals surface area contributed by atoms with Crippen LogP contribution in [-0.2, 0) is 14.3 Å². The summed E-state index contributed by atoms with van der Waals surface area (Å²) in [5.74, 6) is -0.327. The fourth-order valence-corrected chi connectivity index (χ4v) is 13.9. The third-order valence-electron chi connectivity index (χ3n) is 5.29. The number of hydrogen-bond acceptors (Lipinski definition) is 3. The molecule has 0 aliphatic rings. The second kappa shape index (κ2) is 9.88. The van der Waals surface area contributed by atoms with E-state index in [4.69, 9.17) is 4.74 Å². The van der Waals surface area contributed by atoms with Gasteiger partial charge in [0, 0.05) is 0 Å². The molecule has 3 nitrogen and oxygen atoms in total. The number of methoxy groups -OCH3 is 1. The van der Waals surface area contributed by atoms with Gasteiger partial charge in [-0.25, -0.2) is 0 Å². The van der Waals surface area contributed by atoms with Gasteiger partial charge in [-0.2, -0.15) is 0 Å². The number of rotatable bonds is 8. The zero-order valence-corrected chi connectivity index (χ0v) is 19.4. The van der Waals surface area contributed by atoms with Crippen LogP contribution in [-0.4, -0.2) is 31.7 Å². The SMILES string of the molecule is COC(=O)[C@H]([C@H](C)CC(C)=O)[Se](c1ccccc1)(c1ccccc1)c1ccccc1. The van der Waals surface area contributed by atoms with Gasteiger partial charge in [-0.05, 0) is 0 Å². The molecule has 0 aliphatic carbocycles. The summed E-state index contributed by atoms with van der Waals surface area (Å²) < 4.78 is 8.82. The molecular formula is C26H28O3Se. The van der Waals surface area contributed by atoms with E-state index in [9.17, 15) is 9.59 Å². The molecule has 3 aromatic rings. The van der Waals surface area contributed by atoms with Crippen LogP contribution in [0.1, 0.15) is 20.3 Å². The quantitative estimate of drug-likeness (QED) is 0.377. The van der Waals surface area contributed by atoms with Crippen LogP contribution >= 0.6 is 0 Å². The Morgan fingerprint density at radius 1 is 0.767 bits per heavy atom. The van der Waals surface area contributed by atoms with Gasteiger partial charge in [0.2, 0.25) is 0 Å². The molecule has 2 atom stereocenters. The van der Waals surface area contributed by atoms with Crippen LogP contribution in [0.2, 0.25) is 4.82 Å². The number of ketones is 1. The topological polar surface area (TPSA) is 43.4 Å². The van der Waals surface area contributed by atoms with Gasteiger partial charge in [-0.15, -0.1) is 0 Å². The van der Waals surface area contributed by atoms with E-state index < -0.39 is 17.7 Å². The van der Waals surface area contributed by atoms with Gasteiger partial charge < -0.3 is 0 Å². The number of ether oxygens (including phenoxy) is 1. The standard InChI is InChI=1S/C26H28O3Se/c1-20(19-21(2)27)25(26(28)29-3)30(22-13-7-4-8-14-22,23-15-9-5-10-16-23)24-17-11-6-12-18-24/h4-18,20,25H,19H2,1-3H3/t20-,25+/m1/s1. The summed E-state index contributed by atoms with van der Waals surface area (Å²) in [6.07, 6.45) is 0.339. The molecule has 0 bridgehead atoms. The Labute approximate surface area is 181 Å². The number of esters is 1. The Bertz CT molecular complexity index is 874. The molecule has 4 heteroatoms. The molecule has 0 aliphatic heterocycles. The van der Waals surface area contributed by atoms with Crippen LogP contribution in [0.5, 0.6) is 0 Å². The van der Waals surface area contributed by atoms with E-state index in [0.29, 0.717) is 6.42 Å². The first-order valence-corrected chi connectivity index (χ1v) is 13.6. The third-order valence-corrected chi connectivity index (χ3v) is 14.7. The first-order chi connectivity index (χ1) is 14.5. The average molecular weight is 467 g/mol. The van der Waals surface area contributed by atoms with E-state index >= 15 is 0 Å². The predicted octanol–water partition coefficient (Wildman–Crippen LogP) is 3.32. The van der Waals surface area contributed by atoms with Crippen LogP contribution in [0.4, 0.5) is 0 Å². The molecule has 0 amide bonds. The van der Waals surface area contributed by atoms with Gasteiger partial charge in [0.15, 0.2) is 0 Å². The van der Waals surface area contributed by atoms with Crippen molar-refractivity contribution in [3.63, 3.8) is 0 Å². The second-order valence-corrected chi connectivity index (χ2v) is 14.2. The van der Waals surface area contributed by atoms with Crippen LogP contribution in [0, 0.1) is 5.92 Å². The van der Waals surface area contributed by atoms with Crippen molar-refractivity contribution in [2.45, 2.75) is 25.1 Å². The summed E-state index contributed by atoms with van der Waals surface area (Å²) in [6.45, 7) is 3.59. The van der Waals surface area contributed by atoms with Crippen LogP contribution < -0.4 is 13.4 Å². The molecule has 30 heavy (non-hydrogen) atoms. The maximum atomic E-state index is 13.4. The fourth-order valence-electron chi connectivity index (χ4n) is 4.16. The molecule has 0 aromatic heterocycles. The van der Waals surface area contributed by atoms with Gasteiger partial charge in [-0.1, -0.05) is 0 Å². The van der Waals surface area contributed by atoms with Crippen LogP contribution in [0.15, 0.2) is 91.0 Å². The summed E-state index contributed by atoms with van der Waals surface area (Å²) in [6, 6.07) is 30.9. The fraction of sp³-hybridized carbons (Fsp3) is 0.231. The van der Waals surface area contributed by atoms with Gasteiger partial charge in [0.1, 0.15) is 0 Å². The zero-order valence-electron chi connectivity index (χ0n) is 17.7. The van der Waals surface area contributed by atoms with Crippen molar-refractivity contribution in [1.29, 1.82) is 0 Å². The summed E-state index contributed by atoms with van der Waals surface area (Å²) in [7, 11) is 1.44. The van der Waals surface area contributed by atoms with Crippen molar-refractivity contribution in [2.24, 2.45) is 5.92 Å². The number of hydrogen-bond donors (Lipinski definition) is 0. The molecule has 0 saturated carbocycles. The number of benzene rings is 3. The molecule has 0 heterocycles. The molecule has 0 fully saturated rings. The normalized spacial score (nSPS) is 13.8. The van der Waals surface area contributed by atoms with E-state index in [0.717, 1.165) is 13.4 Å². The summed E-state index contributed by atoms with van der Waals surface area (Å²) in [5.41, 5.74) is 0. The third kappa shape index (κ3) is 4.26. The van der Waals surface area contributed by atoms with Crippen molar-refractivity contribution >= 4 is 38.0 Å². The van der Waals surface area contributed by atoms with E-state index in [2.05, 4.69) is 36.4 Å². The first kappa shape index (κ1) is 22.0. The molecular weight excluding hydrogens is 439 g/mol. The summed E-state index contributed by atoms with van der Waals surface area (Å²) >= 11 is -3.16. The molecule has 3 aromatic carbocycles. The van der Waals surface area contributed by atoms with E-state index in [-0.39, 0.29) is 17.7 Å². The monoisotopic (exact) mass is 468 g/mol. The second-order valence-electron chi connectivity index (χ2n) is 7.43. The van der Waals surface area contributed by atoms with Gasteiger partial charge in [-0.3, -0.25) is 0 Å². The average Bonchev–Trinajstić information content (AvgIpc) is 2.78. The zero-order chi connectivity index (χ0) is 21.6. The molecule has 0 saturated heterocycles. The van der Waals surface area contributed by atoms with Crippen molar-refractivity contribution in [1.82, 2.24) is 0 Å². The van der Waals surface area contributed by atoms with Gasteiger partial charge in [0.25, 0.3) is 0 Å². The van der Waals surface area contributed by atoms with Gasteiger partial charge >= 0.3 is 181 Å². The molecule has 0 N–H and O–H groups in total. The molecule has 0 spiro atoms. The Hall–Kier alpha value is -2.68. The predicted molar refractivity (Wildman–Crippen MR) is 124 cm³/mol. The number of carbonyl (C=O) groups excluding carboxylic acids is 2. The van der Waals surface area contributed by atoms with E-state index in [1.807, 2.05) is 61.5 Å². The van der Waals surface area contributed by atoms with Crippen LogP contribution in [0.3, 0.4) is 0 Å². The van der Waals surface area contributed by atoms with Crippen molar-refractivity contribution in [2.75, 3.05) is 7.11 Å². The Kier molecular flexibility index (Phi) is 7.25. The minimum absolute atomic E-state index is 0.0801. The number of Topliss-reactive ketones (excluding diaryl/α,β-unsaturated/α-hetero) is 1. The Morgan fingerprint density at radius 3 is 1.43 bits per heavy atom. The van der Waals surface area contributed by atoms with Crippen molar-refractivity contribution in [3.05, 3.63) is 91.0 Å².